The van der Waals surface area contributed by atoms with Crippen molar-refractivity contribution in [1.29, 1.82) is 0 Å². The molecule has 0 saturated carbocycles. The summed E-state index contributed by atoms with van der Waals surface area (Å²) in [6, 6.07) is 9.10. The predicted molar refractivity (Wildman–Crippen MR) is 92.7 cm³/mol. The maximum Gasteiger partial charge on any atom is 0.416 e. The molecule has 0 saturated heterocycles. The fraction of sp³-hybridized carbons (Fsp3) is 0.200. The van der Waals surface area contributed by atoms with Crippen LogP contribution < -0.4 is 10.4 Å². The van der Waals surface area contributed by atoms with E-state index in [0.717, 1.165) is 17.7 Å². The van der Waals surface area contributed by atoms with Crippen LogP contribution in [0.1, 0.15) is 22.3 Å². The molecule has 140 valence electrons. The Morgan fingerprint density at radius 2 is 1.85 bits per heavy atom. The number of rotatable bonds is 3. The Morgan fingerprint density at radius 3 is 2.56 bits per heavy atom. The zero-order chi connectivity index (χ0) is 19.8. The zero-order valence-electron chi connectivity index (χ0n) is 14.5. The van der Waals surface area contributed by atoms with Gasteiger partial charge in [0.1, 0.15) is 11.3 Å². The van der Waals surface area contributed by atoms with Gasteiger partial charge in [0.05, 0.1) is 12.0 Å². The predicted octanol–water partition coefficient (Wildman–Crippen LogP) is 4.58. The summed E-state index contributed by atoms with van der Waals surface area (Å²) in [6.07, 6.45) is -4.80. The maximum atomic E-state index is 12.8. The Balaban J connectivity index is 1.85. The van der Waals surface area contributed by atoms with E-state index < -0.39 is 23.3 Å². The van der Waals surface area contributed by atoms with Gasteiger partial charge in [-0.25, -0.2) is 4.79 Å². The molecule has 0 aliphatic carbocycles. The van der Waals surface area contributed by atoms with Gasteiger partial charge in [-0.1, -0.05) is 18.2 Å². The van der Waals surface area contributed by atoms with E-state index in [1.54, 1.807) is 26.0 Å². The van der Waals surface area contributed by atoms with E-state index in [1.807, 2.05) is 0 Å². The van der Waals surface area contributed by atoms with Crippen molar-refractivity contribution in [2.24, 2.45) is 0 Å². The molecule has 0 aliphatic heterocycles. The lowest BCUT2D eigenvalue weighted by molar-refractivity contribution is -0.138. The van der Waals surface area contributed by atoms with Crippen LogP contribution >= 0.6 is 0 Å². The molecule has 3 rings (SSSR count). The van der Waals surface area contributed by atoms with Gasteiger partial charge in [0, 0.05) is 17.0 Å². The SMILES string of the molecule is Cc1cc(=O)oc2c(C)c(OC(=O)Cc3cccc(C(F)(F)F)c3)ccc12. The largest absolute Gasteiger partial charge is 0.426 e. The number of hydrogen-bond acceptors (Lipinski definition) is 4. The lowest BCUT2D eigenvalue weighted by Crippen LogP contribution is -2.13. The highest BCUT2D eigenvalue weighted by molar-refractivity contribution is 5.86. The molecule has 0 atom stereocenters. The molecule has 7 heteroatoms. The summed E-state index contributed by atoms with van der Waals surface area (Å²) in [5.41, 5.74) is 0.347. The number of aryl methyl sites for hydroxylation is 2. The van der Waals surface area contributed by atoms with E-state index in [-0.39, 0.29) is 17.7 Å². The smallest absolute Gasteiger partial charge is 0.416 e. The molecule has 2 aromatic carbocycles. The summed E-state index contributed by atoms with van der Waals surface area (Å²) in [5, 5.41) is 0.713. The fourth-order valence-corrected chi connectivity index (χ4v) is 2.79. The number of hydrogen-bond donors (Lipinski definition) is 0. The standard InChI is InChI=1S/C20H15F3O4/c1-11-8-17(24)27-19-12(2)16(7-6-15(11)19)26-18(25)10-13-4-3-5-14(9-13)20(21,22)23/h3-9H,10H2,1-2H3. The third-order valence-corrected chi connectivity index (χ3v) is 4.14. The average Bonchev–Trinajstić information content (AvgIpc) is 2.57. The van der Waals surface area contributed by atoms with Crippen molar-refractivity contribution in [3.05, 3.63) is 75.1 Å². The normalized spacial score (nSPS) is 11.6. The number of fused-ring (bicyclic) bond motifs is 1. The van der Waals surface area contributed by atoms with E-state index >= 15 is 0 Å². The second kappa shape index (κ2) is 6.90. The number of esters is 1. The highest BCUT2D eigenvalue weighted by Gasteiger charge is 2.30. The summed E-state index contributed by atoms with van der Waals surface area (Å²) in [6.45, 7) is 3.40. The van der Waals surface area contributed by atoms with Gasteiger partial charge >= 0.3 is 17.8 Å². The molecule has 0 N–H and O–H groups in total. The van der Waals surface area contributed by atoms with Crippen LogP contribution in [0.25, 0.3) is 11.0 Å². The van der Waals surface area contributed by atoms with Gasteiger partial charge < -0.3 is 9.15 Å². The number of ether oxygens (including phenoxy) is 1. The first kappa shape index (κ1) is 18.7. The van der Waals surface area contributed by atoms with Gasteiger partial charge in [0.25, 0.3) is 0 Å². The number of benzene rings is 2. The van der Waals surface area contributed by atoms with Crippen LogP contribution in [0.4, 0.5) is 13.2 Å². The lowest BCUT2D eigenvalue weighted by atomic mass is 10.1. The van der Waals surface area contributed by atoms with E-state index in [9.17, 15) is 22.8 Å². The maximum absolute atomic E-state index is 12.8. The Morgan fingerprint density at radius 1 is 1.11 bits per heavy atom. The van der Waals surface area contributed by atoms with Crippen LogP contribution in [0.3, 0.4) is 0 Å². The van der Waals surface area contributed by atoms with Crippen molar-refractivity contribution < 1.29 is 27.1 Å². The molecule has 0 amide bonds. The molecular weight excluding hydrogens is 361 g/mol. The number of carbonyl (C=O) groups is 1. The van der Waals surface area contributed by atoms with Crippen molar-refractivity contribution in [2.45, 2.75) is 26.4 Å². The molecule has 0 unspecified atom stereocenters. The van der Waals surface area contributed by atoms with Gasteiger partial charge in [0.2, 0.25) is 0 Å². The van der Waals surface area contributed by atoms with E-state index in [0.29, 0.717) is 16.5 Å². The monoisotopic (exact) mass is 376 g/mol. The van der Waals surface area contributed by atoms with Crippen molar-refractivity contribution >= 4 is 16.9 Å². The summed E-state index contributed by atoms with van der Waals surface area (Å²) in [4.78, 5) is 23.7. The first-order valence-electron chi connectivity index (χ1n) is 8.06. The first-order chi connectivity index (χ1) is 12.6. The number of carbonyl (C=O) groups excluding carboxylic acids is 1. The molecule has 4 nitrogen and oxygen atoms in total. The van der Waals surface area contributed by atoms with Gasteiger partial charge in [0.15, 0.2) is 0 Å². The summed E-state index contributed by atoms with van der Waals surface area (Å²) >= 11 is 0. The Kier molecular flexibility index (Phi) is 4.78. The second-order valence-electron chi connectivity index (χ2n) is 6.16. The van der Waals surface area contributed by atoms with Gasteiger partial charge in [-0.05, 0) is 43.2 Å². The Hall–Kier alpha value is -3.09. The molecule has 3 aromatic rings. The second-order valence-corrected chi connectivity index (χ2v) is 6.16. The lowest BCUT2D eigenvalue weighted by Gasteiger charge is -2.11. The quantitative estimate of drug-likeness (QED) is 0.382. The number of alkyl halides is 3. The average molecular weight is 376 g/mol. The Labute approximate surface area is 152 Å². The molecule has 0 aliphatic rings. The van der Waals surface area contributed by atoms with Crippen LogP contribution in [0.2, 0.25) is 0 Å². The van der Waals surface area contributed by atoms with Crippen molar-refractivity contribution in [1.82, 2.24) is 0 Å². The van der Waals surface area contributed by atoms with Crippen molar-refractivity contribution in [3.63, 3.8) is 0 Å². The van der Waals surface area contributed by atoms with E-state index in [4.69, 9.17) is 9.15 Å². The summed E-state index contributed by atoms with van der Waals surface area (Å²) in [7, 11) is 0. The van der Waals surface area contributed by atoms with Crippen LogP contribution in [0.15, 0.2) is 51.7 Å². The topological polar surface area (TPSA) is 56.5 Å². The summed E-state index contributed by atoms with van der Waals surface area (Å²) < 4.78 is 48.8. The Bertz CT molecular complexity index is 1080. The minimum atomic E-state index is -4.48. The highest BCUT2D eigenvalue weighted by atomic mass is 19.4. The summed E-state index contributed by atoms with van der Waals surface area (Å²) in [5.74, 6) is -0.528. The molecule has 0 bridgehead atoms. The zero-order valence-corrected chi connectivity index (χ0v) is 14.5. The number of halogens is 3. The molecule has 1 heterocycles. The van der Waals surface area contributed by atoms with E-state index in [1.165, 1.54) is 18.2 Å². The molecule has 1 aromatic heterocycles. The third-order valence-electron chi connectivity index (χ3n) is 4.14. The molecule has 0 fully saturated rings. The molecular formula is C20H15F3O4. The minimum absolute atomic E-state index is 0.188. The van der Waals surface area contributed by atoms with Crippen LogP contribution in [-0.4, -0.2) is 5.97 Å². The third kappa shape index (κ3) is 4.02. The van der Waals surface area contributed by atoms with Gasteiger partial charge in [-0.3, -0.25) is 4.79 Å². The fourth-order valence-electron chi connectivity index (χ4n) is 2.79. The van der Waals surface area contributed by atoms with Crippen LogP contribution in [-0.2, 0) is 17.4 Å². The first-order valence-corrected chi connectivity index (χ1v) is 8.06. The highest BCUT2D eigenvalue weighted by Crippen LogP contribution is 2.30. The van der Waals surface area contributed by atoms with Crippen molar-refractivity contribution in [2.75, 3.05) is 0 Å². The van der Waals surface area contributed by atoms with Gasteiger partial charge in [-0.2, -0.15) is 13.2 Å². The van der Waals surface area contributed by atoms with Crippen LogP contribution in [0, 0.1) is 13.8 Å². The van der Waals surface area contributed by atoms with E-state index in [2.05, 4.69) is 0 Å². The van der Waals surface area contributed by atoms with Crippen molar-refractivity contribution in [3.8, 4) is 5.75 Å². The van der Waals surface area contributed by atoms with Gasteiger partial charge in [-0.15, -0.1) is 0 Å². The minimum Gasteiger partial charge on any atom is -0.426 e. The van der Waals surface area contributed by atoms with Crippen LogP contribution in [0.5, 0.6) is 5.75 Å². The molecule has 27 heavy (non-hydrogen) atoms. The molecule has 0 spiro atoms. The molecule has 0 radical (unpaired) electrons.